The summed E-state index contributed by atoms with van der Waals surface area (Å²) in [7, 11) is 1.72. The highest BCUT2D eigenvalue weighted by molar-refractivity contribution is 5.34. The van der Waals surface area contributed by atoms with E-state index in [9.17, 15) is 0 Å². The minimum Gasteiger partial charge on any atom is -0.496 e. The van der Waals surface area contributed by atoms with E-state index in [1.54, 1.807) is 7.11 Å². The number of aromatic nitrogens is 2. The third-order valence-corrected chi connectivity index (χ3v) is 3.45. The van der Waals surface area contributed by atoms with Gasteiger partial charge in [-0.15, -0.1) is 0 Å². The summed E-state index contributed by atoms with van der Waals surface area (Å²) >= 11 is 0. The van der Waals surface area contributed by atoms with Gasteiger partial charge in [0.05, 0.1) is 13.3 Å². The van der Waals surface area contributed by atoms with Crippen molar-refractivity contribution >= 4 is 0 Å². The van der Waals surface area contributed by atoms with Crippen LogP contribution in [0.15, 0.2) is 36.7 Å². The first-order chi connectivity index (χ1) is 9.78. The summed E-state index contributed by atoms with van der Waals surface area (Å²) in [6.45, 7) is 6.04. The lowest BCUT2D eigenvalue weighted by molar-refractivity contribution is 0.405. The molecule has 1 heterocycles. The Labute approximate surface area is 120 Å². The quantitative estimate of drug-likeness (QED) is 0.843. The molecule has 108 valence electrons. The number of methoxy groups -OCH3 is 1. The zero-order valence-electron chi connectivity index (χ0n) is 12.5. The summed E-state index contributed by atoms with van der Waals surface area (Å²) in [6, 6.07) is 8.44. The molecule has 0 saturated carbocycles. The van der Waals surface area contributed by atoms with Crippen LogP contribution in [0.5, 0.6) is 5.75 Å². The SMILES string of the molecule is CCNC(Cc1ccccc1OC)c1cnn(CC)c1. The largest absolute Gasteiger partial charge is 0.496 e. The molecular formula is C16H23N3O. The van der Waals surface area contributed by atoms with Crippen LogP contribution < -0.4 is 10.1 Å². The molecule has 0 spiro atoms. The standard InChI is InChI=1S/C16H23N3O/c1-4-17-15(14-11-18-19(5-2)12-14)10-13-8-6-7-9-16(13)20-3/h6-9,11-12,15,17H,4-5,10H2,1-3H3. The van der Waals surface area contributed by atoms with Crippen LogP contribution >= 0.6 is 0 Å². The van der Waals surface area contributed by atoms with Crippen molar-refractivity contribution in [3.05, 3.63) is 47.8 Å². The molecule has 20 heavy (non-hydrogen) atoms. The normalized spacial score (nSPS) is 12.3. The first-order valence-corrected chi connectivity index (χ1v) is 7.16. The molecule has 0 aliphatic rings. The number of hydrogen-bond acceptors (Lipinski definition) is 3. The van der Waals surface area contributed by atoms with E-state index in [1.165, 1.54) is 11.1 Å². The number of rotatable bonds is 7. The van der Waals surface area contributed by atoms with Crippen molar-refractivity contribution in [3.8, 4) is 5.75 Å². The van der Waals surface area contributed by atoms with Gasteiger partial charge in [-0.1, -0.05) is 25.1 Å². The molecule has 0 radical (unpaired) electrons. The van der Waals surface area contributed by atoms with Gasteiger partial charge in [-0.3, -0.25) is 4.68 Å². The van der Waals surface area contributed by atoms with Crippen LogP contribution in [-0.4, -0.2) is 23.4 Å². The van der Waals surface area contributed by atoms with Gasteiger partial charge in [-0.25, -0.2) is 0 Å². The van der Waals surface area contributed by atoms with Gasteiger partial charge in [0.1, 0.15) is 5.75 Å². The van der Waals surface area contributed by atoms with Crippen molar-refractivity contribution in [1.82, 2.24) is 15.1 Å². The number of aryl methyl sites for hydroxylation is 1. The smallest absolute Gasteiger partial charge is 0.122 e. The molecule has 0 fully saturated rings. The minimum atomic E-state index is 0.261. The summed E-state index contributed by atoms with van der Waals surface area (Å²) < 4.78 is 7.40. The maximum Gasteiger partial charge on any atom is 0.122 e. The second-order valence-corrected chi connectivity index (χ2v) is 4.76. The minimum absolute atomic E-state index is 0.261. The molecule has 1 atom stereocenters. The van der Waals surface area contributed by atoms with Crippen molar-refractivity contribution in [2.45, 2.75) is 32.9 Å². The number of nitrogens with zero attached hydrogens (tertiary/aromatic N) is 2. The fourth-order valence-electron chi connectivity index (χ4n) is 2.38. The lowest BCUT2D eigenvalue weighted by atomic mass is 10.0. The molecule has 1 aromatic heterocycles. The Morgan fingerprint density at radius 2 is 2.10 bits per heavy atom. The summed E-state index contributed by atoms with van der Waals surface area (Å²) in [5.74, 6) is 0.943. The van der Waals surface area contributed by atoms with E-state index in [2.05, 4.69) is 42.6 Å². The molecule has 4 nitrogen and oxygen atoms in total. The van der Waals surface area contributed by atoms with Crippen LogP contribution in [0.2, 0.25) is 0 Å². The van der Waals surface area contributed by atoms with Gasteiger partial charge < -0.3 is 10.1 Å². The average molecular weight is 273 g/mol. The Morgan fingerprint density at radius 3 is 2.75 bits per heavy atom. The van der Waals surface area contributed by atoms with Gasteiger partial charge in [-0.05, 0) is 31.5 Å². The second-order valence-electron chi connectivity index (χ2n) is 4.76. The zero-order chi connectivity index (χ0) is 14.4. The van der Waals surface area contributed by atoms with E-state index in [0.29, 0.717) is 0 Å². The molecule has 0 aliphatic carbocycles. The number of likely N-dealkylation sites (N-methyl/N-ethyl adjacent to an activating group) is 1. The number of hydrogen-bond donors (Lipinski definition) is 1. The van der Waals surface area contributed by atoms with E-state index < -0.39 is 0 Å². The Hall–Kier alpha value is -1.81. The van der Waals surface area contributed by atoms with Crippen LogP contribution in [0, 0.1) is 0 Å². The van der Waals surface area contributed by atoms with E-state index in [1.807, 2.05) is 23.0 Å². The molecule has 0 aliphatic heterocycles. The van der Waals surface area contributed by atoms with Crippen LogP contribution in [-0.2, 0) is 13.0 Å². The fourth-order valence-corrected chi connectivity index (χ4v) is 2.38. The number of benzene rings is 1. The molecule has 0 bridgehead atoms. The monoisotopic (exact) mass is 273 g/mol. The topological polar surface area (TPSA) is 39.1 Å². The van der Waals surface area contributed by atoms with E-state index >= 15 is 0 Å². The van der Waals surface area contributed by atoms with Gasteiger partial charge in [0.25, 0.3) is 0 Å². The van der Waals surface area contributed by atoms with Crippen LogP contribution in [0.1, 0.15) is 31.0 Å². The maximum atomic E-state index is 5.44. The Balaban J connectivity index is 2.20. The predicted octanol–water partition coefficient (Wildman–Crippen LogP) is 2.80. The third-order valence-electron chi connectivity index (χ3n) is 3.45. The van der Waals surface area contributed by atoms with E-state index in [-0.39, 0.29) is 6.04 Å². The molecule has 2 rings (SSSR count). The average Bonchev–Trinajstić information content (AvgIpc) is 2.96. The summed E-state index contributed by atoms with van der Waals surface area (Å²) in [5, 5.41) is 7.89. The molecule has 2 aromatic rings. The van der Waals surface area contributed by atoms with Gasteiger partial charge >= 0.3 is 0 Å². The first-order valence-electron chi connectivity index (χ1n) is 7.16. The van der Waals surface area contributed by atoms with Crippen molar-refractivity contribution in [3.63, 3.8) is 0 Å². The van der Waals surface area contributed by atoms with Gasteiger partial charge in [0, 0.05) is 24.3 Å². The second kappa shape index (κ2) is 7.10. The third kappa shape index (κ3) is 3.39. The molecule has 4 heteroatoms. The number of ether oxygens (including phenoxy) is 1. The first kappa shape index (κ1) is 14.6. The lowest BCUT2D eigenvalue weighted by Gasteiger charge is -2.18. The van der Waals surface area contributed by atoms with Gasteiger partial charge in [-0.2, -0.15) is 5.10 Å². The Bertz CT molecular complexity index is 536. The summed E-state index contributed by atoms with van der Waals surface area (Å²) in [4.78, 5) is 0. The summed E-state index contributed by atoms with van der Waals surface area (Å²) in [6.07, 6.45) is 4.96. The molecule has 0 saturated heterocycles. The van der Waals surface area contributed by atoms with Crippen molar-refractivity contribution in [2.75, 3.05) is 13.7 Å². The van der Waals surface area contributed by atoms with Gasteiger partial charge in [0.2, 0.25) is 0 Å². The summed E-state index contributed by atoms with van der Waals surface area (Å²) in [5.41, 5.74) is 2.44. The van der Waals surface area contributed by atoms with E-state index in [4.69, 9.17) is 4.74 Å². The van der Waals surface area contributed by atoms with Crippen molar-refractivity contribution < 1.29 is 4.74 Å². The van der Waals surface area contributed by atoms with Crippen LogP contribution in [0.3, 0.4) is 0 Å². The van der Waals surface area contributed by atoms with Crippen molar-refractivity contribution in [1.29, 1.82) is 0 Å². The molecule has 1 N–H and O–H groups in total. The van der Waals surface area contributed by atoms with Crippen molar-refractivity contribution in [2.24, 2.45) is 0 Å². The Morgan fingerprint density at radius 1 is 1.30 bits per heavy atom. The highest BCUT2D eigenvalue weighted by atomic mass is 16.5. The predicted molar refractivity (Wildman–Crippen MR) is 81.0 cm³/mol. The fraction of sp³-hybridized carbons (Fsp3) is 0.438. The molecule has 1 aromatic carbocycles. The molecule has 1 unspecified atom stereocenters. The van der Waals surface area contributed by atoms with Crippen LogP contribution in [0.4, 0.5) is 0 Å². The van der Waals surface area contributed by atoms with Gasteiger partial charge in [0.15, 0.2) is 0 Å². The highest BCUT2D eigenvalue weighted by Gasteiger charge is 2.15. The maximum absolute atomic E-state index is 5.44. The number of nitrogens with one attached hydrogen (secondary N) is 1. The number of para-hydroxylation sites is 1. The van der Waals surface area contributed by atoms with Crippen LogP contribution in [0.25, 0.3) is 0 Å². The zero-order valence-corrected chi connectivity index (χ0v) is 12.5. The lowest BCUT2D eigenvalue weighted by Crippen LogP contribution is -2.22. The molecular weight excluding hydrogens is 250 g/mol. The Kier molecular flexibility index (Phi) is 5.18. The highest BCUT2D eigenvalue weighted by Crippen LogP contribution is 2.24. The van der Waals surface area contributed by atoms with E-state index in [0.717, 1.165) is 25.3 Å². The molecule has 0 amide bonds.